The fraction of sp³-hybridized carbons (Fsp3) is 0.500. The highest BCUT2D eigenvalue weighted by molar-refractivity contribution is 9.10. The van der Waals surface area contributed by atoms with E-state index >= 15 is 0 Å². The van der Waals surface area contributed by atoms with E-state index in [1.54, 1.807) is 12.1 Å². The minimum Gasteiger partial charge on any atom is -0.493 e. The fourth-order valence-electron chi connectivity index (χ4n) is 1.31. The zero-order chi connectivity index (χ0) is 11.8. The number of rotatable bonds is 7. The van der Waals surface area contributed by atoms with Gasteiger partial charge in [-0.25, -0.2) is 4.39 Å². The molecule has 0 N–H and O–H groups in total. The largest absolute Gasteiger partial charge is 0.493 e. The van der Waals surface area contributed by atoms with Gasteiger partial charge in [0.2, 0.25) is 0 Å². The number of benzene rings is 1. The Morgan fingerprint density at radius 3 is 2.62 bits per heavy atom. The number of halogens is 3. The van der Waals surface area contributed by atoms with Crippen LogP contribution in [0.2, 0.25) is 0 Å². The summed E-state index contributed by atoms with van der Waals surface area (Å²) in [5.41, 5.74) is 0. The Hall–Kier alpha value is -0.280. The number of alkyl halides is 1. The molecular formula is C12H15BrClFO. The molecule has 90 valence electrons. The minimum absolute atomic E-state index is 0.292. The molecular weight excluding hydrogens is 294 g/mol. The maximum atomic E-state index is 13.1. The number of ether oxygens (including phenoxy) is 1. The lowest BCUT2D eigenvalue weighted by Gasteiger charge is -2.06. The number of unbranched alkanes of at least 4 members (excludes halogenated alkanes) is 3. The summed E-state index contributed by atoms with van der Waals surface area (Å²) in [4.78, 5) is 0. The number of hydrogen-bond donors (Lipinski definition) is 0. The van der Waals surface area contributed by atoms with Gasteiger partial charge in [-0.15, -0.1) is 11.6 Å². The molecule has 0 saturated carbocycles. The van der Waals surface area contributed by atoms with Crippen molar-refractivity contribution in [3.05, 3.63) is 28.5 Å². The second-order valence-corrected chi connectivity index (χ2v) is 4.76. The van der Waals surface area contributed by atoms with Gasteiger partial charge in [-0.2, -0.15) is 0 Å². The summed E-state index contributed by atoms with van der Waals surface area (Å²) in [6, 6.07) is 4.80. The second-order valence-electron chi connectivity index (χ2n) is 3.53. The lowest BCUT2D eigenvalue weighted by molar-refractivity contribution is 0.303. The van der Waals surface area contributed by atoms with E-state index in [9.17, 15) is 4.39 Å². The van der Waals surface area contributed by atoms with Gasteiger partial charge in [0, 0.05) is 11.9 Å². The molecule has 16 heavy (non-hydrogen) atoms. The van der Waals surface area contributed by atoms with E-state index in [4.69, 9.17) is 16.3 Å². The topological polar surface area (TPSA) is 9.23 Å². The molecule has 0 atom stereocenters. The van der Waals surface area contributed by atoms with Crippen LogP contribution >= 0.6 is 27.5 Å². The Labute approximate surface area is 109 Å². The molecule has 0 aromatic heterocycles. The smallest absolute Gasteiger partial charge is 0.141 e. The summed E-state index contributed by atoms with van der Waals surface area (Å²) in [6.07, 6.45) is 4.26. The van der Waals surface area contributed by atoms with Gasteiger partial charge in [0.05, 0.1) is 11.1 Å². The van der Waals surface area contributed by atoms with Crippen molar-refractivity contribution in [2.24, 2.45) is 0 Å². The van der Waals surface area contributed by atoms with Gasteiger partial charge in [0.15, 0.2) is 0 Å². The maximum absolute atomic E-state index is 13.1. The minimum atomic E-state index is -0.292. The van der Waals surface area contributed by atoms with Crippen LogP contribution in [-0.4, -0.2) is 12.5 Å². The Morgan fingerprint density at radius 1 is 1.19 bits per heavy atom. The van der Waals surface area contributed by atoms with Crippen molar-refractivity contribution in [2.45, 2.75) is 25.7 Å². The van der Waals surface area contributed by atoms with E-state index in [1.807, 2.05) is 0 Å². The molecule has 1 nitrogen and oxygen atoms in total. The van der Waals surface area contributed by atoms with Crippen LogP contribution in [0.1, 0.15) is 25.7 Å². The first-order valence-electron chi connectivity index (χ1n) is 5.38. The SMILES string of the molecule is Fc1cc(OCCCCCCCl)ccc1Br. The van der Waals surface area contributed by atoms with Crippen LogP contribution in [0.15, 0.2) is 22.7 Å². The molecule has 4 heteroatoms. The van der Waals surface area contributed by atoms with E-state index in [0.717, 1.165) is 31.6 Å². The average Bonchev–Trinajstić information content (AvgIpc) is 2.28. The number of hydrogen-bond acceptors (Lipinski definition) is 1. The van der Waals surface area contributed by atoms with Gasteiger partial charge in [0.1, 0.15) is 11.6 Å². The molecule has 0 fully saturated rings. The van der Waals surface area contributed by atoms with Crippen LogP contribution in [-0.2, 0) is 0 Å². The Bertz CT molecular complexity index is 320. The molecule has 0 spiro atoms. The summed E-state index contributed by atoms with van der Waals surface area (Å²) in [7, 11) is 0. The van der Waals surface area contributed by atoms with Gasteiger partial charge in [-0.3, -0.25) is 0 Å². The van der Waals surface area contributed by atoms with Gasteiger partial charge in [0.25, 0.3) is 0 Å². The molecule has 0 aliphatic rings. The molecule has 0 unspecified atom stereocenters. The summed E-state index contributed by atoms with van der Waals surface area (Å²) >= 11 is 8.66. The van der Waals surface area contributed by atoms with Gasteiger partial charge < -0.3 is 4.74 Å². The highest BCUT2D eigenvalue weighted by Gasteiger charge is 2.00. The van der Waals surface area contributed by atoms with E-state index in [2.05, 4.69) is 15.9 Å². The highest BCUT2D eigenvalue weighted by atomic mass is 79.9. The Kier molecular flexibility index (Phi) is 6.81. The first-order valence-corrected chi connectivity index (χ1v) is 6.70. The Morgan fingerprint density at radius 2 is 1.94 bits per heavy atom. The molecule has 0 aliphatic carbocycles. The lowest BCUT2D eigenvalue weighted by Crippen LogP contribution is -1.97. The van der Waals surface area contributed by atoms with Crippen molar-refractivity contribution in [1.82, 2.24) is 0 Å². The van der Waals surface area contributed by atoms with Crippen LogP contribution < -0.4 is 4.74 Å². The van der Waals surface area contributed by atoms with Gasteiger partial charge in [-0.05, 0) is 40.9 Å². The van der Waals surface area contributed by atoms with Crippen LogP contribution in [0.5, 0.6) is 5.75 Å². The van der Waals surface area contributed by atoms with E-state index in [1.165, 1.54) is 6.07 Å². The normalized spacial score (nSPS) is 10.4. The fourth-order valence-corrected chi connectivity index (χ4v) is 1.74. The van der Waals surface area contributed by atoms with Crippen LogP contribution in [0, 0.1) is 5.82 Å². The molecule has 0 amide bonds. The zero-order valence-electron chi connectivity index (χ0n) is 9.02. The molecule has 0 bridgehead atoms. The van der Waals surface area contributed by atoms with E-state index in [-0.39, 0.29) is 5.82 Å². The maximum Gasteiger partial charge on any atom is 0.141 e. The lowest BCUT2D eigenvalue weighted by atomic mass is 10.2. The van der Waals surface area contributed by atoms with Crippen LogP contribution in [0.3, 0.4) is 0 Å². The average molecular weight is 310 g/mol. The summed E-state index contributed by atoms with van der Waals surface area (Å²) in [5, 5.41) is 0. The highest BCUT2D eigenvalue weighted by Crippen LogP contribution is 2.21. The first-order chi connectivity index (χ1) is 7.74. The third-order valence-corrected chi connectivity index (χ3v) is 3.10. The second kappa shape index (κ2) is 7.91. The summed E-state index contributed by atoms with van der Waals surface area (Å²) in [6.45, 7) is 0.628. The molecule has 0 aliphatic heterocycles. The van der Waals surface area contributed by atoms with Crippen molar-refractivity contribution in [1.29, 1.82) is 0 Å². The predicted octanol–water partition coefficient (Wildman–Crippen LogP) is 4.77. The molecule has 1 rings (SSSR count). The third kappa shape index (κ3) is 5.17. The van der Waals surface area contributed by atoms with E-state index < -0.39 is 0 Å². The van der Waals surface area contributed by atoms with Crippen molar-refractivity contribution >= 4 is 27.5 Å². The van der Waals surface area contributed by atoms with Gasteiger partial charge >= 0.3 is 0 Å². The van der Waals surface area contributed by atoms with Crippen molar-refractivity contribution in [3.63, 3.8) is 0 Å². The molecule has 1 aromatic carbocycles. The Balaban J connectivity index is 2.19. The van der Waals surface area contributed by atoms with Crippen LogP contribution in [0.4, 0.5) is 4.39 Å². The van der Waals surface area contributed by atoms with Crippen molar-refractivity contribution in [2.75, 3.05) is 12.5 Å². The third-order valence-electron chi connectivity index (χ3n) is 2.19. The molecule has 0 heterocycles. The standard InChI is InChI=1S/C12H15BrClFO/c13-11-6-5-10(9-12(11)15)16-8-4-2-1-3-7-14/h5-6,9H,1-4,7-8H2. The summed E-state index contributed by atoms with van der Waals surface area (Å²) < 4.78 is 19.0. The van der Waals surface area contributed by atoms with E-state index in [0.29, 0.717) is 16.8 Å². The van der Waals surface area contributed by atoms with Crippen molar-refractivity contribution < 1.29 is 9.13 Å². The summed E-state index contributed by atoms with van der Waals surface area (Å²) in [5.74, 6) is 1.01. The quantitative estimate of drug-likeness (QED) is 0.521. The van der Waals surface area contributed by atoms with Crippen molar-refractivity contribution in [3.8, 4) is 5.75 Å². The van der Waals surface area contributed by atoms with Gasteiger partial charge in [-0.1, -0.05) is 12.8 Å². The molecule has 0 saturated heterocycles. The first kappa shape index (κ1) is 13.8. The molecule has 1 aromatic rings. The zero-order valence-corrected chi connectivity index (χ0v) is 11.4. The monoisotopic (exact) mass is 308 g/mol. The van der Waals surface area contributed by atoms with Crippen LogP contribution in [0.25, 0.3) is 0 Å². The molecule has 0 radical (unpaired) electrons. The predicted molar refractivity (Wildman–Crippen MR) is 68.8 cm³/mol.